The lowest BCUT2D eigenvalue weighted by atomic mass is 9.94. The fraction of sp³-hybridized carbons (Fsp3) is 1.00. The molecule has 0 spiro atoms. The van der Waals surface area contributed by atoms with Crippen LogP contribution in [0.4, 0.5) is 0 Å². The van der Waals surface area contributed by atoms with Gasteiger partial charge in [0.2, 0.25) is 0 Å². The van der Waals surface area contributed by atoms with Crippen LogP contribution >= 0.6 is 0 Å². The molecule has 1 aliphatic carbocycles. The van der Waals surface area contributed by atoms with Gasteiger partial charge in [0.05, 0.1) is 6.17 Å². The van der Waals surface area contributed by atoms with Gasteiger partial charge in [-0.15, -0.1) is 0 Å². The normalized spacial score (nSPS) is 31.4. The zero-order chi connectivity index (χ0) is 9.10. The van der Waals surface area contributed by atoms with Gasteiger partial charge < -0.3 is 5.32 Å². The number of nitrogens with one attached hydrogen (secondary N) is 1. The highest BCUT2D eigenvalue weighted by atomic mass is 15.3. The molecule has 2 aliphatic rings. The summed E-state index contributed by atoms with van der Waals surface area (Å²) >= 11 is 0. The van der Waals surface area contributed by atoms with E-state index >= 15 is 0 Å². The predicted molar refractivity (Wildman–Crippen MR) is 55.7 cm³/mol. The third-order valence-electron chi connectivity index (χ3n) is 3.68. The van der Waals surface area contributed by atoms with Gasteiger partial charge in [-0.3, -0.25) is 4.90 Å². The van der Waals surface area contributed by atoms with Crippen LogP contribution in [0.25, 0.3) is 0 Å². The molecular weight excluding hydrogens is 160 g/mol. The minimum Gasteiger partial charge on any atom is -0.302 e. The summed E-state index contributed by atoms with van der Waals surface area (Å²) < 4.78 is 0. The quantitative estimate of drug-likeness (QED) is 0.702. The van der Waals surface area contributed by atoms with Crippen molar-refractivity contribution in [1.29, 1.82) is 0 Å². The molecule has 0 amide bonds. The third-order valence-corrected chi connectivity index (χ3v) is 3.68. The Morgan fingerprint density at radius 1 is 1.00 bits per heavy atom. The Labute approximate surface area is 81.7 Å². The first-order valence-corrected chi connectivity index (χ1v) is 5.83. The number of hydrogen-bond acceptors (Lipinski definition) is 2. The number of nitrogens with zero attached hydrogens (tertiary/aromatic N) is 1. The van der Waals surface area contributed by atoms with E-state index in [0.29, 0.717) is 6.17 Å². The van der Waals surface area contributed by atoms with Gasteiger partial charge in [-0.05, 0) is 39.3 Å². The number of rotatable bonds is 2. The van der Waals surface area contributed by atoms with Crippen LogP contribution in [0.1, 0.15) is 44.9 Å². The van der Waals surface area contributed by atoms with Crippen molar-refractivity contribution < 1.29 is 0 Å². The van der Waals surface area contributed by atoms with E-state index in [0.717, 1.165) is 6.04 Å². The summed E-state index contributed by atoms with van der Waals surface area (Å²) in [6, 6.07) is 0.865. The fourth-order valence-electron chi connectivity index (χ4n) is 2.76. The van der Waals surface area contributed by atoms with E-state index in [9.17, 15) is 0 Å². The van der Waals surface area contributed by atoms with Gasteiger partial charge in [0, 0.05) is 6.04 Å². The van der Waals surface area contributed by atoms with Crippen molar-refractivity contribution in [3.05, 3.63) is 0 Å². The zero-order valence-corrected chi connectivity index (χ0v) is 8.76. The monoisotopic (exact) mass is 182 g/mol. The molecular formula is C11H22N2. The maximum atomic E-state index is 3.58. The van der Waals surface area contributed by atoms with Gasteiger partial charge in [-0.25, -0.2) is 0 Å². The van der Waals surface area contributed by atoms with Gasteiger partial charge in [0.15, 0.2) is 0 Å². The zero-order valence-electron chi connectivity index (χ0n) is 8.76. The standard InChI is InChI=1S/C11H22N2/c1-13(11-8-5-9-12-11)10-6-3-2-4-7-10/h10-12H,2-9H2,1H3/t11-/m0/s1. The first-order valence-electron chi connectivity index (χ1n) is 5.83. The molecule has 0 unspecified atom stereocenters. The van der Waals surface area contributed by atoms with E-state index in [1.165, 1.54) is 51.5 Å². The second kappa shape index (κ2) is 4.43. The minimum atomic E-state index is 0.683. The third kappa shape index (κ3) is 2.23. The second-order valence-corrected chi connectivity index (χ2v) is 4.57. The lowest BCUT2D eigenvalue weighted by Crippen LogP contribution is -2.46. The summed E-state index contributed by atoms with van der Waals surface area (Å²) in [5.74, 6) is 0. The van der Waals surface area contributed by atoms with E-state index in [1.54, 1.807) is 0 Å². The van der Waals surface area contributed by atoms with Gasteiger partial charge in [0.25, 0.3) is 0 Å². The Kier molecular flexibility index (Phi) is 3.23. The van der Waals surface area contributed by atoms with Crippen LogP contribution in [-0.4, -0.2) is 30.7 Å². The van der Waals surface area contributed by atoms with Gasteiger partial charge in [-0.1, -0.05) is 19.3 Å². The van der Waals surface area contributed by atoms with Crippen LogP contribution in [-0.2, 0) is 0 Å². The van der Waals surface area contributed by atoms with E-state index in [2.05, 4.69) is 17.3 Å². The molecule has 2 nitrogen and oxygen atoms in total. The molecule has 1 heterocycles. The highest BCUT2D eigenvalue weighted by molar-refractivity contribution is 4.81. The smallest absolute Gasteiger partial charge is 0.0597 e. The molecule has 1 saturated carbocycles. The molecule has 1 aliphatic heterocycles. The summed E-state index contributed by atoms with van der Waals surface area (Å²) in [5, 5.41) is 3.58. The Morgan fingerprint density at radius 3 is 2.38 bits per heavy atom. The van der Waals surface area contributed by atoms with Crippen LogP contribution in [0, 0.1) is 0 Å². The fourth-order valence-corrected chi connectivity index (χ4v) is 2.76. The first kappa shape index (κ1) is 9.47. The maximum Gasteiger partial charge on any atom is 0.0597 e. The molecule has 76 valence electrons. The minimum absolute atomic E-state index is 0.683. The Hall–Kier alpha value is -0.0800. The van der Waals surface area contributed by atoms with Crippen molar-refractivity contribution in [1.82, 2.24) is 10.2 Å². The van der Waals surface area contributed by atoms with Crippen molar-refractivity contribution in [2.24, 2.45) is 0 Å². The molecule has 1 saturated heterocycles. The summed E-state index contributed by atoms with van der Waals surface area (Å²) in [6.07, 6.45) is 10.6. The largest absolute Gasteiger partial charge is 0.302 e. The predicted octanol–water partition coefficient (Wildman–Crippen LogP) is 1.96. The highest BCUT2D eigenvalue weighted by Crippen LogP contribution is 2.24. The first-order chi connectivity index (χ1) is 6.38. The lowest BCUT2D eigenvalue weighted by molar-refractivity contribution is 0.127. The van der Waals surface area contributed by atoms with Gasteiger partial charge >= 0.3 is 0 Å². The molecule has 1 N–H and O–H groups in total. The van der Waals surface area contributed by atoms with E-state index < -0.39 is 0 Å². The Bertz CT molecular complexity index is 146. The van der Waals surface area contributed by atoms with Gasteiger partial charge in [0.1, 0.15) is 0 Å². The van der Waals surface area contributed by atoms with Crippen LogP contribution in [0.5, 0.6) is 0 Å². The van der Waals surface area contributed by atoms with Crippen molar-refractivity contribution in [2.75, 3.05) is 13.6 Å². The lowest BCUT2D eigenvalue weighted by Gasteiger charge is -2.35. The summed E-state index contributed by atoms with van der Waals surface area (Å²) in [5.41, 5.74) is 0. The molecule has 0 aromatic carbocycles. The summed E-state index contributed by atoms with van der Waals surface area (Å²) in [4.78, 5) is 2.59. The Balaban J connectivity index is 1.83. The molecule has 1 atom stereocenters. The molecule has 0 bridgehead atoms. The maximum absolute atomic E-state index is 3.58. The van der Waals surface area contributed by atoms with Crippen molar-refractivity contribution >= 4 is 0 Å². The van der Waals surface area contributed by atoms with E-state index in [-0.39, 0.29) is 0 Å². The van der Waals surface area contributed by atoms with Crippen LogP contribution < -0.4 is 5.32 Å². The number of hydrogen-bond donors (Lipinski definition) is 1. The second-order valence-electron chi connectivity index (χ2n) is 4.57. The van der Waals surface area contributed by atoms with Crippen molar-refractivity contribution in [3.63, 3.8) is 0 Å². The molecule has 0 aromatic heterocycles. The molecule has 0 aromatic rings. The molecule has 2 fully saturated rings. The summed E-state index contributed by atoms with van der Waals surface area (Å²) in [7, 11) is 2.30. The van der Waals surface area contributed by atoms with Crippen molar-refractivity contribution in [2.45, 2.75) is 57.2 Å². The van der Waals surface area contributed by atoms with E-state index in [4.69, 9.17) is 0 Å². The van der Waals surface area contributed by atoms with E-state index in [1.807, 2.05) is 0 Å². The van der Waals surface area contributed by atoms with Gasteiger partial charge in [-0.2, -0.15) is 0 Å². The molecule has 0 radical (unpaired) electrons. The van der Waals surface area contributed by atoms with Crippen LogP contribution in [0.3, 0.4) is 0 Å². The van der Waals surface area contributed by atoms with Crippen LogP contribution in [0.15, 0.2) is 0 Å². The molecule has 13 heavy (non-hydrogen) atoms. The highest BCUT2D eigenvalue weighted by Gasteiger charge is 2.25. The SMILES string of the molecule is CN(C1CCCCC1)[C@H]1CCCN1. The van der Waals surface area contributed by atoms with Crippen molar-refractivity contribution in [3.8, 4) is 0 Å². The molecule has 2 heteroatoms. The van der Waals surface area contributed by atoms with Crippen LogP contribution in [0.2, 0.25) is 0 Å². The topological polar surface area (TPSA) is 15.3 Å². The summed E-state index contributed by atoms with van der Waals surface area (Å²) in [6.45, 7) is 1.22. The Morgan fingerprint density at radius 2 is 1.77 bits per heavy atom. The average molecular weight is 182 g/mol. The molecule has 2 rings (SSSR count). The average Bonchev–Trinajstić information content (AvgIpc) is 2.71.